The summed E-state index contributed by atoms with van der Waals surface area (Å²) >= 11 is 0. The van der Waals surface area contributed by atoms with E-state index < -0.39 is 9.52 Å². The predicted molar refractivity (Wildman–Crippen MR) is 69.1 cm³/mol. The van der Waals surface area contributed by atoms with Crippen LogP contribution in [0.2, 0.25) is 0 Å². The zero-order valence-electron chi connectivity index (χ0n) is 10.0. The van der Waals surface area contributed by atoms with Crippen molar-refractivity contribution in [3.63, 3.8) is 0 Å². The molecular formula is C13H20OS. The molecule has 1 atom stereocenters. The molecule has 0 saturated heterocycles. The molecule has 0 radical (unpaired) electrons. The molecule has 0 aliphatic rings. The number of rotatable bonds is 3. The molecule has 0 aromatic heterocycles. The summed E-state index contributed by atoms with van der Waals surface area (Å²) in [5.41, 5.74) is 1.21. The van der Waals surface area contributed by atoms with Gasteiger partial charge in [0.1, 0.15) is 0 Å². The average Bonchev–Trinajstić information content (AvgIpc) is 2.18. The Morgan fingerprint density at radius 2 is 1.80 bits per heavy atom. The monoisotopic (exact) mass is 224 g/mol. The van der Waals surface area contributed by atoms with Gasteiger partial charge in [-0.2, -0.15) is 0 Å². The lowest BCUT2D eigenvalue weighted by molar-refractivity contribution is 0.684. The lowest BCUT2D eigenvalue weighted by atomic mass is 10.2. The fourth-order valence-corrected chi connectivity index (χ4v) is 3.20. The molecule has 2 heteroatoms. The summed E-state index contributed by atoms with van der Waals surface area (Å²) in [6, 6.07) is 8.02. The molecular weight excluding hydrogens is 204 g/mol. The number of benzene rings is 1. The fourth-order valence-electron chi connectivity index (χ4n) is 1.55. The highest BCUT2D eigenvalue weighted by Gasteiger charge is 2.07. The zero-order chi connectivity index (χ0) is 11.5. The summed E-state index contributed by atoms with van der Waals surface area (Å²) in [6.45, 7) is 6.17. The van der Waals surface area contributed by atoms with Crippen molar-refractivity contribution in [2.45, 2.75) is 38.5 Å². The smallest absolute Gasteiger partial charge is 0.0307 e. The molecule has 0 heterocycles. The van der Waals surface area contributed by atoms with Gasteiger partial charge in [0.15, 0.2) is 0 Å². The average molecular weight is 224 g/mol. The second kappa shape index (κ2) is 4.84. The standard InChI is InChI=1S/C13H20OS/c1-5-6-12(3)15(4,14)13-9-7-11(2)8-10-13/h7-10H,5-6H2,1-4H3. The Balaban J connectivity index is 3.22. The van der Waals surface area contributed by atoms with Gasteiger partial charge in [-0.25, -0.2) is 0 Å². The van der Waals surface area contributed by atoms with E-state index in [1.54, 1.807) is 0 Å². The van der Waals surface area contributed by atoms with Gasteiger partial charge in [-0.1, -0.05) is 31.0 Å². The van der Waals surface area contributed by atoms with Crippen molar-refractivity contribution in [3.8, 4) is 0 Å². The molecule has 1 aromatic rings. The number of hydrogen-bond acceptors (Lipinski definition) is 1. The second-order valence-corrected chi connectivity index (χ2v) is 6.96. The molecule has 0 aliphatic carbocycles. The molecule has 1 aromatic carbocycles. The van der Waals surface area contributed by atoms with Gasteiger partial charge >= 0.3 is 0 Å². The normalized spacial score (nSPS) is 14.7. The minimum absolute atomic E-state index is 0.948. The Hall–Kier alpha value is -0.760. The van der Waals surface area contributed by atoms with E-state index in [0.717, 1.165) is 22.6 Å². The van der Waals surface area contributed by atoms with Crippen LogP contribution in [0.5, 0.6) is 0 Å². The van der Waals surface area contributed by atoms with Crippen molar-refractivity contribution in [1.82, 2.24) is 0 Å². The molecule has 0 saturated carbocycles. The van der Waals surface area contributed by atoms with Gasteiger partial charge in [-0.15, -0.1) is 0 Å². The van der Waals surface area contributed by atoms with Crippen LogP contribution in [0, 0.1) is 6.92 Å². The van der Waals surface area contributed by atoms with Gasteiger partial charge in [-0.3, -0.25) is 4.21 Å². The second-order valence-electron chi connectivity index (χ2n) is 4.11. The quantitative estimate of drug-likeness (QED) is 0.720. The van der Waals surface area contributed by atoms with E-state index in [9.17, 15) is 4.21 Å². The summed E-state index contributed by atoms with van der Waals surface area (Å²) in [4.78, 5) is 2.06. The van der Waals surface area contributed by atoms with Crippen molar-refractivity contribution in [2.24, 2.45) is 0 Å². The molecule has 0 bridgehead atoms. The van der Waals surface area contributed by atoms with E-state index in [1.807, 2.05) is 44.4 Å². The SMILES string of the molecule is CCCC(C)=S(C)(=O)c1ccc(C)cc1. The number of hydrogen-bond donors (Lipinski definition) is 0. The lowest BCUT2D eigenvalue weighted by Crippen LogP contribution is -2.10. The Labute approximate surface area is 93.5 Å². The summed E-state index contributed by atoms with van der Waals surface area (Å²) < 4.78 is 12.6. The van der Waals surface area contributed by atoms with E-state index in [-0.39, 0.29) is 0 Å². The van der Waals surface area contributed by atoms with Crippen molar-refractivity contribution in [1.29, 1.82) is 0 Å². The highest BCUT2D eigenvalue weighted by atomic mass is 32.2. The van der Waals surface area contributed by atoms with Crippen LogP contribution in [0.3, 0.4) is 0 Å². The van der Waals surface area contributed by atoms with E-state index in [2.05, 4.69) is 6.92 Å². The maximum absolute atomic E-state index is 12.6. The lowest BCUT2D eigenvalue weighted by Gasteiger charge is -2.10. The molecule has 0 fully saturated rings. The zero-order valence-corrected chi connectivity index (χ0v) is 10.9. The Morgan fingerprint density at radius 3 is 2.27 bits per heavy atom. The largest absolute Gasteiger partial charge is 0.263 e. The highest BCUT2D eigenvalue weighted by molar-refractivity contribution is 8.01. The van der Waals surface area contributed by atoms with Crippen LogP contribution < -0.4 is 0 Å². The fraction of sp³-hybridized carbons (Fsp3) is 0.462. The van der Waals surface area contributed by atoms with Crippen LogP contribution in [0.4, 0.5) is 0 Å². The van der Waals surface area contributed by atoms with Crippen molar-refractivity contribution < 1.29 is 4.21 Å². The van der Waals surface area contributed by atoms with Gasteiger partial charge in [0.05, 0.1) is 0 Å². The van der Waals surface area contributed by atoms with Crippen molar-refractivity contribution in [3.05, 3.63) is 29.8 Å². The first-order valence-corrected chi connectivity index (χ1v) is 7.33. The molecule has 1 nitrogen and oxygen atoms in total. The van der Waals surface area contributed by atoms with Crippen LogP contribution in [-0.2, 0) is 9.52 Å². The van der Waals surface area contributed by atoms with E-state index in [4.69, 9.17) is 0 Å². The summed E-state index contributed by atoms with van der Waals surface area (Å²) in [5.74, 6) is 0. The van der Waals surface area contributed by atoms with Gasteiger partial charge in [0.25, 0.3) is 0 Å². The minimum Gasteiger partial charge on any atom is -0.263 e. The molecule has 0 amide bonds. The maximum Gasteiger partial charge on any atom is 0.0307 e. The Morgan fingerprint density at radius 1 is 1.27 bits per heavy atom. The van der Waals surface area contributed by atoms with Crippen molar-refractivity contribution >= 4 is 14.4 Å². The molecule has 15 heavy (non-hydrogen) atoms. The van der Waals surface area contributed by atoms with Crippen LogP contribution in [0.15, 0.2) is 29.2 Å². The topological polar surface area (TPSA) is 17.1 Å². The first-order chi connectivity index (χ1) is 6.98. The number of aryl methyl sites for hydroxylation is 1. The van der Waals surface area contributed by atoms with Crippen LogP contribution in [0.1, 0.15) is 32.3 Å². The third kappa shape index (κ3) is 2.85. The molecule has 0 spiro atoms. The molecule has 1 unspecified atom stereocenters. The van der Waals surface area contributed by atoms with Crippen LogP contribution >= 0.6 is 0 Å². The van der Waals surface area contributed by atoms with Gasteiger partial charge in [-0.05, 0) is 46.8 Å². The molecule has 84 valence electrons. The predicted octanol–water partition coefficient (Wildman–Crippen LogP) is 3.26. The van der Waals surface area contributed by atoms with Gasteiger partial charge < -0.3 is 0 Å². The van der Waals surface area contributed by atoms with Gasteiger partial charge in [0, 0.05) is 11.2 Å². The first kappa shape index (κ1) is 12.3. The van der Waals surface area contributed by atoms with E-state index in [1.165, 1.54) is 5.56 Å². The summed E-state index contributed by atoms with van der Waals surface area (Å²) in [7, 11) is -1.95. The maximum atomic E-state index is 12.6. The summed E-state index contributed by atoms with van der Waals surface area (Å²) in [5, 5.41) is 0. The summed E-state index contributed by atoms with van der Waals surface area (Å²) in [6.07, 6.45) is 3.86. The molecule has 0 aliphatic heterocycles. The molecule has 1 rings (SSSR count). The highest BCUT2D eigenvalue weighted by Crippen LogP contribution is 2.13. The molecule has 0 N–H and O–H groups in total. The third-order valence-electron chi connectivity index (χ3n) is 2.74. The third-order valence-corrected chi connectivity index (χ3v) is 5.44. The van der Waals surface area contributed by atoms with Crippen LogP contribution in [-0.4, -0.2) is 15.3 Å². The van der Waals surface area contributed by atoms with Crippen molar-refractivity contribution in [2.75, 3.05) is 6.26 Å². The minimum atomic E-state index is -1.95. The van der Waals surface area contributed by atoms with E-state index in [0.29, 0.717) is 0 Å². The Bertz CT molecular complexity index is 434. The van der Waals surface area contributed by atoms with Crippen LogP contribution in [0.25, 0.3) is 0 Å². The van der Waals surface area contributed by atoms with E-state index >= 15 is 0 Å². The first-order valence-electron chi connectivity index (χ1n) is 5.37. The van der Waals surface area contributed by atoms with Gasteiger partial charge in [0.2, 0.25) is 0 Å². The Kier molecular flexibility index (Phi) is 3.97.